The second kappa shape index (κ2) is 8.70. The predicted molar refractivity (Wildman–Crippen MR) is 106 cm³/mol. The van der Waals surface area contributed by atoms with Crippen molar-refractivity contribution in [1.29, 1.82) is 0 Å². The predicted octanol–water partition coefficient (Wildman–Crippen LogP) is 2.35. The summed E-state index contributed by atoms with van der Waals surface area (Å²) in [5.41, 5.74) is 3.71. The van der Waals surface area contributed by atoms with Crippen LogP contribution in [0.25, 0.3) is 0 Å². The minimum atomic E-state index is -3.72. The summed E-state index contributed by atoms with van der Waals surface area (Å²) in [6.45, 7) is 6.75. The Balaban J connectivity index is 1.86. The largest absolute Gasteiger partial charge is 0.457 e. The van der Waals surface area contributed by atoms with Crippen LogP contribution >= 0.6 is 0 Å². The Morgan fingerprint density at radius 3 is 2.39 bits per heavy atom. The molecule has 0 amide bonds. The molecule has 28 heavy (non-hydrogen) atoms. The second-order valence-electron chi connectivity index (χ2n) is 6.84. The van der Waals surface area contributed by atoms with Crippen molar-refractivity contribution in [3.63, 3.8) is 0 Å². The van der Waals surface area contributed by atoms with Gasteiger partial charge in [-0.2, -0.15) is 0 Å². The molecule has 0 aliphatic carbocycles. The summed E-state index contributed by atoms with van der Waals surface area (Å²) in [5, 5.41) is 0. The van der Waals surface area contributed by atoms with Gasteiger partial charge in [-0.1, -0.05) is 12.1 Å². The van der Waals surface area contributed by atoms with E-state index in [1.54, 1.807) is 25.1 Å². The van der Waals surface area contributed by atoms with Gasteiger partial charge in [0.2, 0.25) is 15.8 Å². The highest BCUT2D eigenvalue weighted by Crippen LogP contribution is 2.16. The third-order valence-electron chi connectivity index (χ3n) is 4.69. The molecule has 0 unspecified atom stereocenters. The number of Topliss-reactive ketones (excluding diaryl/α,β-unsaturated/α-hetero) is 1. The van der Waals surface area contributed by atoms with Gasteiger partial charge in [0.1, 0.15) is 0 Å². The number of carbonyl (C=O) groups is 2. The minimum absolute atomic E-state index is 0.105. The Hall–Kier alpha value is -2.45. The first-order valence-corrected chi connectivity index (χ1v) is 10.4. The summed E-state index contributed by atoms with van der Waals surface area (Å²) >= 11 is 0. The Bertz CT molecular complexity index is 1010. The van der Waals surface area contributed by atoms with Gasteiger partial charge in [0.25, 0.3) is 0 Å². The number of esters is 1. The van der Waals surface area contributed by atoms with Crippen LogP contribution in [-0.2, 0) is 26.6 Å². The Morgan fingerprint density at radius 2 is 1.79 bits per heavy atom. The lowest BCUT2D eigenvalue weighted by atomic mass is 10.1. The number of ether oxygens (including phenoxy) is 1. The summed E-state index contributed by atoms with van der Waals surface area (Å²) in [7, 11) is -1.86. The van der Waals surface area contributed by atoms with Crippen molar-refractivity contribution in [2.75, 3.05) is 13.2 Å². The van der Waals surface area contributed by atoms with Gasteiger partial charge in [-0.25, -0.2) is 13.1 Å². The van der Waals surface area contributed by atoms with Crippen molar-refractivity contribution in [2.24, 2.45) is 7.05 Å². The monoisotopic (exact) mass is 406 g/mol. The standard InChI is InChI=1S/C20H26N2O5S/c1-13-6-7-14(2)19(10-13)28(25,26)21-9-8-20(24)27-12-18(23)17-11-15(3)22(5)16(17)4/h6-7,10-11,21H,8-9,12H2,1-5H3. The molecule has 8 heteroatoms. The third-order valence-corrected chi connectivity index (χ3v) is 6.30. The maximum atomic E-state index is 12.4. The quantitative estimate of drug-likeness (QED) is 0.536. The number of nitrogens with one attached hydrogen (secondary N) is 1. The summed E-state index contributed by atoms with van der Waals surface area (Å²) in [6.07, 6.45) is -0.163. The van der Waals surface area contributed by atoms with E-state index in [9.17, 15) is 18.0 Å². The van der Waals surface area contributed by atoms with Crippen LogP contribution in [0.5, 0.6) is 0 Å². The maximum absolute atomic E-state index is 12.4. The fourth-order valence-electron chi connectivity index (χ4n) is 2.80. The molecule has 0 radical (unpaired) electrons. The maximum Gasteiger partial charge on any atom is 0.307 e. The summed E-state index contributed by atoms with van der Waals surface area (Å²) < 4.78 is 34.1. The van der Waals surface area contributed by atoms with Crippen LogP contribution in [0, 0.1) is 27.7 Å². The van der Waals surface area contributed by atoms with E-state index in [2.05, 4.69) is 4.72 Å². The molecule has 0 aliphatic rings. The summed E-state index contributed by atoms with van der Waals surface area (Å²) in [4.78, 5) is 24.3. The second-order valence-corrected chi connectivity index (χ2v) is 8.58. The molecule has 0 fully saturated rings. The Morgan fingerprint density at radius 1 is 1.11 bits per heavy atom. The average molecular weight is 407 g/mol. The van der Waals surface area contributed by atoms with Gasteiger partial charge in [0.05, 0.1) is 11.3 Å². The van der Waals surface area contributed by atoms with E-state index in [1.165, 1.54) is 0 Å². The normalized spacial score (nSPS) is 11.5. The lowest BCUT2D eigenvalue weighted by molar-refractivity contribution is -0.142. The van der Waals surface area contributed by atoms with Crippen molar-refractivity contribution >= 4 is 21.8 Å². The van der Waals surface area contributed by atoms with E-state index < -0.39 is 16.0 Å². The molecule has 0 aliphatic heterocycles. The molecule has 7 nitrogen and oxygen atoms in total. The number of hydrogen-bond donors (Lipinski definition) is 1. The van der Waals surface area contributed by atoms with Gasteiger partial charge in [0, 0.05) is 30.5 Å². The molecule has 0 atom stereocenters. The SMILES string of the molecule is Cc1ccc(C)c(S(=O)(=O)NCCC(=O)OCC(=O)c2cc(C)n(C)c2C)c1. The van der Waals surface area contributed by atoms with E-state index in [0.717, 1.165) is 17.0 Å². The fraction of sp³-hybridized carbons (Fsp3) is 0.400. The number of carbonyl (C=O) groups excluding carboxylic acids is 2. The number of rotatable bonds is 8. The average Bonchev–Trinajstić information content (AvgIpc) is 2.89. The van der Waals surface area contributed by atoms with Gasteiger partial charge >= 0.3 is 5.97 Å². The highest BCUT2D eigenvalue weighted by molar-refractivity contribution is 7.89. The molecular weight excluding hydrogens is 380 g/mol. The zero-order valence-corrected chi connectivity index (χ0v) is 17.6. The smallest absolute Gasteiger partial charge is 0.307 e. The number of benzene rings is 1. The first-order chi connectivity index (χ1) is 13.0. The van der Waals surface area contributed by atoms with Crippen molar-refractivity contribution in [2.45, 2.75) is 39.0 Å². The molecule has 0 spiro atoms. The zero-order chi connectivity index (χ0) is 21.1. The molecule has 1 aromatic carbocycles. The Labute approximate surface area is 165 Å². The molecule has 2 aromatic rings. The van der Waals surface area contributed by atoms with Crippen molar-refractivity contribution in [3.05, 3.63) is 52.3 Å². The van der Waals surface area contributed by atoms with Gasteiger partial charge in [0.15, 0.2) is 6.61 Å². The number of hydrogen-bond acceptors (Lipinski definition) is 5. The van der Waals surface area contributed by atoms with Crippen molar-refractivity contribution in [1.82, 2.24) is 9.29 Å². The molecule has 152 valence electrons. The van der Waals surface area contributed by atoms with Crippen LogP contribution in [0.1, 0.15) is 39.3 Å². The fourth-order valence-corrected chi connectivity index (χ4v) is 4.15. The summed E-state index contributed by atoms with van der Waals surface area (Å²) in [6, 6.07) is 6.90. The number of aryl methyl sites for hydroxylation is 3. The first-order valence-electron chi connectivity index (χ1n) is 8.91. The van der Waals surface area contributed by atoms with Crippen LogP contribution in [0.2, 0.25) is 0 Å². The molecule has 1 N–H and O–H groups in total. The van der Waals surface area contributed by atoms with Crippen molar-refractivity contribution in [3.8, 4) is 0 Å². The van der Waals surface area contributed by atoms with E-state index in [0.29, 0.717) is 11.1 Å². The van der Waals surface area contributed by atoms with Crippen LogP contribution in [0.15, 0.2) is 29.2 Å². The van der Waals surface area contributed by atoms with Gasteiger partial charge in [-0.15, -0.1) is 0 Å². The van der Waals surface area contributed by atoms with E-state index in [1.807, 2.05) is 38.5 Å². The highest BCUT2D eigenvalue weighted by atomic mass is 32.2. The molecule has 1 aromatic heterocycles. The lowest BCUT2D eigenvalue weighted by Crippen LogP contribution is -2.28. The van der Waals surface area contributed by atoms with E-state index in [4.69, 9.17) is 4.74 Å². The number of nitrogens with zero attached hydrogens (tertiary/aromatic N) is 1. The third kappa shape index (κ3) is 5.08. The molecular formula is C20H26N2O5S. The zero-order valence-electron chi connectivity index (χ0n) is 16.8. The molecule has 0 bridgehead atoms. The number of aromatic nitrogens is 1. The van der Waals surface area contributed by atoms with Crippen LogP contribution in [0.3, 0.4) is 0 Å². The number of ketones is 1. The van der Waals surface area contributed by atoms with Crippen LogP contribution in [-0.4, -0.2) is 37.9 Å². The lowest BCUT2D eigenvalue weighted by Gasteiger charge is -2.10. The van der Waals surface area contributed by atoms with E-state index >= 15 is 0 Å². The van der Waals surface area contributed by atoms with Crippen LogP contribution in [0.4, 0.5) is 0 Å². The molecule has 2 rings (SSSR count). The first kappa shape index (κ1) is 21.8. The molecule has 0 saturated heterocycles. The van der Waals surface area contributed by atoms with E-state index in [-0.39, 0.29) is 30.3 Å². The van der Waals surface area contributed by atoms with Gasteiger partial charge < -0.3 is 9.30 Å². The molecule has 1 heterocycles. The van der Waals surface area contributed by atoms with Gasteiger partial charge in [-0.05, 0) is 51.0 Å². The number of sulfonamides is 1. The van der Waals surface area contributed by atoms with Crippen molar-refractivity contribution < 1.29 is 22.7 Å². The highest BCUT2D eigenvalue weighted by Gasteiger charge is 2.18. The topological polar surface area (TPSA) is 94.5 Å². The minimum Gasteiger partial charge on any atom is -0.457 e. The molecule has 0 saturated carbocycles. The Kier molecular flexibility index (Phi) is 6.79. The van der Waals surface area contributed by atoms with Gasteiger partial charge in [-0.3, -0.25) is 9.59 Å². The van der Waals surface area contributed by atoms with Crippen LogP contribution < -0.4 is 4.72 Å². The summed E-state index contributed by atoms with van der Waals surface area (Å²) in [5.74, 6) is -0.923.